The summed E-state index contributed by atoms with van der Waals surface area (Å²) in [6.45, 7) is 3.26. The number of nitrogens with one attached hydrogen (secondary N) is 2. The Morgan fingerprint density at radius 3 is 2.67 bits per heavy atom. The third-order valence-electron chi connectivity index (χ3n) is 5.13. The molecule has 0 atom stereocenters. The topological polar surface area (TPSA) is 96.5 Å². The van der Waals surface area contributed by atoms with E-state index in [1.165, 1.54) is 30.5 Å². The molecule has 0 bridgehead atoms. The van der Waals surface area contributed by atoms with Crippen molar-refractivity contribution in [3.8, 4) is 5.75 Å². The van der Waals surface area contributed by atoms with E-state index in [0.29, 0.717) is 11.3 Å². The average Bonchev–Trinajstić information content (AvgIpc) is 2.72. The number of nitrogens with zero attached hydrogens (tertiary/aromatic N) is 3. The van der Waals surface area contributed by atoms with Gasteiger partial charge in [0, 0.05) is 18.8 Å². The molecule has 0 saturated carbocycles. The molecular formula is C21H20ClF2N5O3S. The molecule has 0 unspecified atom stereocenters. The Bertz CT molecular complexity index is 1320. The molecule has 33 heavy (non-hydrogen) atoms. The molecule has 0 radical (unpaired) electrons. The maximum Gasteiger partial charge on any atom is 0.488 e. The Kier molecular flexibility index (Phi) is 6.37. The molecule has 4 rings (SSSR count). The van der Waals surface area contributed by atoms with Gasteiger partial charge >= 0.3 is 10.5 Å². The number of halogens is 3. The molecule has 3 aromatic rings. The van der Waals surface area contributed by atoms with Gasteiger partial charge in [0.25, 0.3) is 0 Å². The summed E-state index contributed by atoms with van der Waals surface area (Å²) in [4.78, 5) is 10.6. The van der Waals surface area contributed by atoms with Crippen LogP contribution in [0.4, 0.5) is 31.4 Å². The fraction of sp³-hybridized carbons (Fsp3) is 0.238. The van der Waals surface area contributed by atoms with Crippen LogP contribution in [0, 0.1) is 12.7 Å². The van der Waals surface area contributed by atoms with Crippen molar-refractivity contribution in [1.82, 2.24) is 14.9 Å². The molecule has 12 heteroatoms. The zero-order valence-electron chi connectivity index (χ0n) is 17.7. The standard InChI is InChI=1S/C21H20ClF2N5O3S/c1-12-7-15(32-33(24,30)31)3-4-18(12)26-20-16(22)10-25-21(28-20)27-19-9-14-11-29(2)6-5-13(14)8-17(19)23/h3-4,7-10H,5-6,11H2,1-2H3,(H2,25,26,27,28). The second kappa shape index (κ2) is 9.08. The molecule has 0 amide bonds. The monoisotopic (exact) mass is 495 g/mol. The molecule has 0 aliphatic carbocycles. The molecule has 0 saturated heterocycles. The SMILES string of the molecule is Cc1cc(OS(=O)(=O)F)ccc1Nc1nc(Nc2cc3c(cc2F)CCN(C)C3)ncc1Cl. The Morgan fingerprint density at radius 1 is 1.15 bits per heavy atom. The van der Waals surface area contributed by atoms with Crippen molar-refractivity contribution in [2.45, 2.75) is 19.9 Å². The maximum absolute atomic E-state index is 14.6. The molecule has 2 aromatic carbocycles. The summed E-state index contributed by atoms with van der Waals surface area (Å²) in [5, 5.41) is 6.11. The predicted molar refractivity (Wildman–Crippen MR) is 122 cm³/mol. The Labute approximate surface area is 195 Å². The van der Waals surface area contributed by atoms with Gasteiger partial charge in [-0.2, -0.15) is 13.4 Å². The highest BCUT2D eigenvalue weighted by atomic mass is 35.5. The molecule has 0 spiro atoms. The molecule has 0 fully saturated rings. The van der Waals surface area contributed by atoms with E-state index < -0.39 is 16.3 Å². The van der Waals surface area contributed by atoms with E-state index in [4.69, 9.17) is 11.6 Å². The zero-order valence-corrected chi connectivity index (χ0v) is 19.3. The third-order valence-corrected chi connectivity index (χ3v) is 5.80. The fourth-order valence-electron chi connectivity index (χ4n) is 3.52. The van der Waals surface area contributed by atoms with Crippen molar-refractivity contribution in [2.75, 3.05) is 24.2 Å². The minimum atomic E-state index is -5.12. The van der Waals surface area contributed by atoms with Crippen molar-refractivity contribution in [3.05, 3.63) is 64.1 Å². The van der Waals surface area contributed by atoms with E-state index in [9.17, 15) is 16.7 Å². The Morgan fingerprint density at radius 2 is 1.94 bits per heavy atom. The van der Waals surface area contributed by atoms with Crippen LogP contribution >= 0.6 is 11.6 Å². The lowest BCUT2D eigenvalue weighted by molar-refractivity contribution is 0.312. The molecule has 8 nitrogen and oxygen atoms in total. The molecule has 1 aromatic heterocycles. The van der Waals surface area contributed by atoms with E-state index in [1.54, 1.807) is 13.0 Å². The van der Waals surface area contributed by atoms with E-state index in [-0.39, 0.29) is 28.2 Å². The first-order chi connectivity index (χ1) is 15.6. The van der Waals surface area contributed by atoms with Gasteiger partial charge in [-0.05, 0) is 67.4 Å². The van der Waals surface area contributed by atoms with Crippen LogP contribution < -0.4 is 14.8 Å². The van der Waals surface area contributed by atoms with Crippen LogP contribution in [0.1, 0.15) is 16.7 Å². The number of hydrogen-bond acceptors (Lipinski definition) is 8. The quantitative estimate of drug-likeness (QED) is 0.477. The van der Waals surface area contributed by atoms with Gasteiger partial charge in [0.15, 0.2) is 5.82 Å². The summed E-state index contributed by atoms with van der Waals surface area (Å²) in [5.41, 5.74) is 3.34. The van der Waals surface area contributed by atoms with Crippen molar-refractivity contribution in [1.29, 1.82) is 0 Å². The van der Waals surface area contributed by atoms with Crippen LogP contribution in [0.15, 0.2) is 36.5 Å². The lowest BCUT2D eigenvalue weighted by atomic mass is 9.99. The number of aromatic nitrogens is 2. The molecular weight excluding hydrogens is 476 g/mol. The number of aryl methyl sites for hydroxylation is 1. The second-order valence-corrected chi connectivity index (χ2v) is 9.04. The predicted octanol–water partition coefficient (Wildman–Crippen LogP) is 4.65. The minimum Gasteiger partial charge on any atom is -0.358 e. The number of likely N-dealkylation sites (N-methyl/N-ethyl adjacent to an activating group) is 1. The third kappa shape index (κ3) is 5.67. The smallest absolute Gasteiger partial charge is 0.358 e. The van der Waals surface area contributed by atoms with Gasteiger partial charge in [0.05, 0.1) is 11.9 Å². The number of benzene rings is 2. The number of rotatable bonds is 6. The van der Waals surface area contributed by atoms with Gasteiger partial charge in [-0.15, -0.1) is 0 Å². The van der Waals surface area contributed by atoms with Crippen LogP contribution in [0.25, 0.3) is 0 Å². The van der Waals surface area contributed by atoms with Crippen molar-refractivity contribution >= 4 is 45.2 Å². The Hall–Kier alpha value is -3.02. The summed E-state index contributed by atoms with van der Waals surface area (Å²) < 4.78 is 52.9. The summed E-state index contributed by atoms with van der Waals surface area (Å²) in [6, 6.07) is 7.39. The lowest BCUT2D eigenvalue weighted by Crippen LogP contribution is -2.26. The van der Waals surface area contributed by atoms with Gasteiger partial charge in [-0.1, -0.05) is 15.5 Å². The summed E-state index contributed by atoms with van der Waals surface area (Å²) in [6.07, 6.45) is 2.15. The first kappa shape index (κ1) is 23.1. The Balaban J connectivity index is 1.56. The number of fused-ring (bicyclic) bond motifs is 1. The highest BCUT2D eigenvalue weighted by molar-refractivity contribution is 7.81. The molecule has 174 valence electrons. The first-order valence-corrected chi connectivity index (χ1v) is 11.6. The highest BCUT2D eigenvalue weighted by Gasteiger charge is 2.18. The number of anilines is 4. The van der Waals surface area contributed by atoms with E-state index in [0.717, 1.165) is 30.6 Å². The fourth-order valence-corrected chi connectivity index (χ4v) is 3.99. The largest absolute Gasteiger partial charge is 0.488 e. The van der Waals surface area contributed by atoms with Crippen molar-refractivity contribution < 1.29 is 20.9 Å². The maximum atomic E-state index is 14.6. The van der Waals surface area contributed by atoms with E-state index in [1.807, 2.05) is 7.05 Å². The van der Waals surface area contributed by atoms with Crippen LogP contribution in [-0.4, -0.2) is 36.9 Å². The summed E-state index contributed by atoms with van der Waals surface area (Å²) in [7, 11) is -3.11. The molecule has 1 aliphatic rings. The van der Waals surface area contributed by atoms with Crippen LogP contribution in [-0.2, 0) is 23.5 Å². The van der Waals surface area contributed by atoms with Gasteiger partial charge in [-0.25, -0.2) is 9.37 Å². The summed E-state index contributed by atoms with van der Waals surface area (Å²) in [5.74, 6) is -0.209. The van der Waals surface area contributed by atoms with Crippen LogP contribution in [0.5, 0.6) is 5.75 Å². The van der Waals surface area contributed by atoms with E-state index >= 15 is 0 Å². The van der Waals surface area contributed by atoms with Crippen molar-refractivity contribution in [2.24, 2.45) is 0 Å². The minimum absolute atomic E-state index is 0.131. The highest BCUT2D eigenvalue weighted by Crippen LogP contribution is 2.30. The van der Waals surface area contributed by atoms with Crippen LogP contribution in [0.3, 0.4) is 0 Å². The summed E-state index contributed by atoms with van der Waals surface area (Å²) >= 11 is 6.21. The van der Waals surface area contributed by atoms with Gasteiger partial charge in [0.2, 0.25) is 5.95 Å². The normalized spacial score (nSPS) is 14.0. The average molecular weight is 496 g/mol. The number of hydrogen-bond donors (Lipinski definition) is 2. The first-order valence-electron chi connectivity index (χ1n) is 9.88. The van der Waals surface area contributed by atoms with Crippen molar-refractivity contribution in [3.63, 3.8) is 0 Å². The van der Waals surface area contributed by atoms with Gasteiger partial charge < -0.3 is 19.7 Å². The van der Waals surface area contributed by atoms with Crippen LogP contribution in [0.2, 0.25) is 5.02 Å². The van der Waals surface area contributed by atoms with E-state index in [2.05, 4.69) is 29.7 Å². The molecule has 2 heterocycles. The van der Waals surface area contributed by atoms with Gasteiger partial charge in [0.1, 0.15) is 16.6 Å². The molecule has 2 N–H and O–H groups in total. The molecule has 1 aliphatic heterocycles. The second-order valence-electron chi connectivity index (χ2n) is 7.68. The van der Waals surface area contributed by atoms with Gasteiger partial charge in [-0.3, -0.25) is 0 Å². The zero-order chi connectivity index (χ0) is 23.8. The lowest BCUT2D eigenvalue weighted by Gasteiger charge is -2.25.